The van der Waals surface area contributed by atoms with Crippen molar-refractivity contribution >= 4 is 23.0 Å². The van der Waals surface area contributed by atoms with Crippen molar-refractivity contribution in [1.82, 2.24) is 0 Å². The number of hydrogen-bond acceptors (Lipinski definition) is 5. The van der Waals surface area contributed by atoms with E-state index in [1.807, 2.05) is 0 Å². The first kappa shape index (κ1) is 14.9. The number of allylic oxidation sites excluding steroid dienone is 1. The molecule has 1 heterocycles. The lowest BCUT2D eigenvalue weighted by atomic mass is 9.92. The van der Waals surface area contributed by atoms with Crippen molar-refractivity contribution in [2.24, 2.45) is 0 Å². The summed E-state index contributed by atoms with van der Waals surface area (Å²) in [6.07, 6.45) is 5.41. The Bertz CT molecular complexity index is 556. The maximum absolute atomic E-state index is 11.2. The fourth-order valence-electron chi connectivity index (χ4n) is 2.64. The highest BCUT2D eigenvalue weighted by Crippen LogP contribution is 2.55. The topological polar surface area (TPSA) is 72.6 Å². The van der Waals surface area contributed by atoms with Crippen molar-refractivity contribution in [2.75, 3.05) is 14.2 Å². The van der Waals surface area contributed by atoms with Crippen LogP contribution in [0.3, 0.4) is 0 Å². The Kier molecular flexibility index (Phi) is 4.67. The minimum absolute atomic E-state index is 0.203. The predicted octanol–water partition coefficient (Wildman–Crippen LogP) is 3.25. The maximum Gasteiger partial charge on any atom is 0.278 e. The van der Waals surface area contributed by atoms with Crippen LogP contribution < -0.4 is 4.74 Å². The highest BCUT2D eigenvalue weighted by molar-refractivity contribution is 8.01. The van der Waals surface area contributed by atoms with Crippen molar-refractivity contribution in [3.63, 3.8) is 0 Å². The van der Waals surface area contributed by atoms with Crippen LogP contribution in [-0.4, -0.2) is 29.5 Å². The summed E-state index contributed by atoms with van der Waals surface area (Å²) in [5.41, 5.74) is 2.12. The van der Waals surface area contributed by atoms with E-state index in [0.29, 0.717) is 5.25 Å². The van der Waals surface area contributed by atoms with Crippen LogP contribution in [0.15, 0.2) is 23.1 Å². The van der Waals surface area contributed by atoms with Crippen LogP contribution in [-0.2, 0) is 0 Å². The van der Waals surface area contributed by atoms with Gasteiger partial charge in [-0.25, -0.2) is 0 Å². The number of aliphatic hydroxyl groups is 1. The van der Waals surface area contributed by atoms with E-state index in [-0.39, 0.29) is 10.6 Å². The summed E-state index contributed by atoms with van der Waals surface area (Å²) in [5.74, 6) is 0.746. The van der Waals surface area contributed by atoms with Crippen LogP contribution in [0.25, 0.3) is 5.57 Å². The molecule has 1 N–H and O–H groups in total. The first-order chi connectivity index (χ1) is 9.72. The molecule has 0 spiro atoms. The summed E-state index contributed by atoms with van der Waals surface area (Å²) in [4.78, 5) is 11.8. The van der Waals surface area contributed by atoms with E-state index in [2.05, 4.69) is 6.08 Å². The van der Waals surface area contributed by atoms with Crippen molar-refractivity contribution in [3.8, 4) is 5.75 Å². The van der Waals surface area contributed by atoms with Gasteiger partial charge in [0.05, 0.1) is 22.5 Å². The SMILES string of the molecule is CO.COc1ccc([N+](=O)[O-])c2c1SC1CCCC=C21. The van der Waals surface area contributed by atoms with Gasteiger partial charge in [-0.1, -0.05) is 6.08 Å². The smallest absolute Gasteiger partial charge is 0.278 e. The molecule has 0 amide bonds. The molecule has 3 rings (SSSR count). The van der Waals surface area contributed by atoms with Crippen molar-refractivity contribution in [1.29, 1.82) is 0 Å². The Morgan fingerprint density at radius 1 is 1.45 bits per heavy atom. The van der Waals surface area contributed by atoms with Crippen LogP contribution in [0.2, 0.25) is 0 Å². The quantitative estimate of drug-likeness (QED) is 0.669. The van der Waals surface area contributed by atoms with Gasteiger partial charge in [0.15, 0.2) is 0 Å². The molecule has 2 aliphatic rings. The normalized spacial score (nSPS) is 19.1. The molecule has 5 nitrogen and oxygen atoms in total. The Hall–Kier alpha value is -1.53. The molecule has 0 aromatic heterocycles. The van der Waals surface area contributed by atoms with E-state index in [4.69, 9.17) is 9.84 Å². The molecule has 0 bridgehead atoms. The summed E-state index contributed by atoms with van der Waals surface area (Å²) < 4.78 is 5.33. The third-order valence-corrected chi connectivity index (χ3v) is 4.86. The molecule has 108 valence electrons. The zero-order chi connectivity index (χ0) is 14.7. The minimum atomic E-state index is -0.295. The van der Waals surface area contributed by atoms with Crippen molar-refractivity contribution < 1.29 is 14.8 Å². The van der Waals surface area contributed by atoms with Crippen molar-refractivity contribution in [2.45, 2.75) is 29.4 Å². The fourth-order valence-corrected chi connectivity index (χ4v) is 4.16. The third kappa shape index (κ3) is 2.41. The van der Waals surface area contributed by atoms with E-state index < -0.39 is 0 Å². The largest absolute Gasteiger partial charge is 0.496 e. The van der Waals surface area contributed by atoms with Gasteiger partial charge >= 0.3 is 0 Å². The summed E-state index contributed by atoms with van der Waals surface area (Å²) in [6, 6.07) is 3.25. The number of nitrogens with zero attached hydrogens (tertiary/aromatic N) is 1. The summed E-state index contributed by atoms with van der Waals surface area (Å²) in [6.45, 7) is 0. The number of ether oxygens (including phenoxy) is 1. The summed E-state index contributed by atoms with van der Waals surface area (Å²) in [5, 5.41) is 18.5. The van der Waals surface area contributed by atoms with Gasteiger partial charge in [0.25, 0.3) is 5.69 Å². The Morgan fingerprint density at radius 3 is 2.85 bits per heavy atom. The molecule has 0 saturated carbocycles. The number of rotatable bonds is 2. The number of hydrogen-bond donors (Lipinski definition) is 1. The first-order valence-electron chi connectivity index (χ1n) is 6.39. The van der Waals surface area contributed by atoms with Crippen LogP contribution in [0.5, 0.6) is 5.75 Å². The number of nitro benzene ring substituents is 1. The van der Waals surface area contributed by atoms with E-state index in [0.717, 1.165) is 48.2 Å². The lowest BCUT2D eigenvalue weighted by molar-refractivity contribution is -0.385. The van der Waals surface area contributed by atoms with Gasteiger partial charge in [0, 0.05) is 18.4 Å². The fraction of sp³-hybridized carbons (Fsp3) is 0.429. The highest BCUT2D eigenvalue weighted by atomic mass is 32.2. The molecule has 0 fully saturated rings. The lowest BCUT2D eigenvalue weighted by Crippen LogP contribution is -2.05. The van der Waals surface area contributed by atoms with Gasteiger partial charge in [-0.2, -0.15) is 0 Å². The van der Waals surface area contributed by atoms with Crippen LogP contribution in [0.4, 0.5) is 5.69 Å². The van der Waals surface area contributed by atoms with Crippen molar-refractivity contribution in [3.05, 3.63) is 33.9 Å². The number of thioether (sulfide) groups is 1. The summed E-state index contributed by atoms with van der Waals surface area (Å²) >= 11 is 1.71. The Balaban J connectivity index is 0.000000704. The molecular weight excluding hydrogens is 278 g/mol. The van der Waals surface area contributed by atoms with Gasteiger partial charge in [0.1, 0.15) is 5.75 Å². The molecule has 0 radical (unpaired) electrons. The van der Waals surface area contributed by atoms with E-state index in [1.165, 1.54) is 0 Å². The molecule has 20 heavy (non-hydrogen) atoms. The van der Waals surface area contributed by atoms with Gasteiger partial charge < -0.3 is 9.84 Å². The van der Waals surface area contributed by atoms with Crippen LogP contribution in [0, 0.1) is 10.1 Å². The molecule has 1 aliphatic carbocycles. The zero-order valence-electron chi connectivity index (χ0n) is 11.5. The van der Waals surface area contributed by atoms with E-state index >= 15 is 0 Å². The Morgan fingerprint density at radius 2 is 2.20 bits per heavy atom. The lowest BCUT2D eigenvalue weighted by Gasteiger charge is -2.15. The van der Waals surface area contributed by atoms with Gasteiger partial charge in [-0.15, -0.1) is 11.8 Å². The third-order valence-electron chi connectivity index (χ3n) is 3.45. The maximum atomic E-state index is 11.2. The molecule has 1 aromatic rings. The number of nitro groups is 1. The monoisotopic (exact) mass is 295 g/mol. The molecule has 0 saturated heterocycles. The van der Waals surface area contributed by atoms with Gasteiger partial charge in [-0.05, 0) is 30.9 Å². The van der Waals surface area contributed by atoms with E-state index in [9.17, 15) is 10.1 Å². The number of methoxy groups -OCH3 is 1. The average Bonchev–Trinajstić information content (AvgIpc) is 2.87. The zero-order valence-corrected chi connectivity index (χ0v) is 12.3. The number of fused-ring (bicyclic) bond motifs is 3. The molecule has 1 aliphatic heterocycles. The van der Waals surface area contributed by atoms with Crippen LogP contribution in [0.1, 0.15) is 24.8 Å². The highest BCUT2D eigenvalue weighted by Gasteiger charge is 2.37. The molecule has 1 aromatic carbocycles. The second-order valence-corrected chi connectivity index (χ2v) is 5.66. The second kappa shape index (κ2) is 6.28. The van der Waals surface area contributed by atoms with E-state index in [1.54, 1.807) is 31.0 Å². The molecule has 1 unspecified atom stereocenters. The minimum Gasteiger partial charge on any atom is -0.496 e. The number of aliphatic hydroxyl groups excluding tert-OH is 1. The molecule has 1 atom stereocenters. The molecular formula is C14H17NO4S. The first-order valence-corrected chi connectivity index (χ1v) is 7.27. The number of benzene rings is 1. The molecule has 6 heteroatoms. The van der Waals surface area contributed by atoms with Gasteiger partial charge in [-0.3, -0.25) is 10.1 Å². The standard InChI is InChI=1S/C13H13NO3S.CH4O/c1-17-10-7-6-9(14(15)16)12-8-4-2-3-5-11(8)18-13(10)12;1-2/h4,6-7,11H,2-3,5H2,1H3;2H,1H3. The predicted molar refractivity (Wildman–Crippen MR) is 79.3 cm³/mol. The summed E-state index contributed by atoms with van der Waals surface area (Å²) in [7, 11) is 2.61. The average molecular weight is 295 g/mol. The second-order valence-electron chi connectivity index (χ2n) is 4.45. The van der Waals surface area contributed by atoms with Crippen LogP contribution >= 0.6 is 11.8 Å². The Labute approximate surface area is 121 Å². The van der Waals surface area contributed by atoms with Gasteiger partial charge in [0.2, 0.25) is 0 Å².